The average molecular weight is 355 g/mol. The molecule has 0 aromatic heterocycles. The molecule has 0 heterocycles. The molecule has 0 saturated heterocycles. The van der Waals surface area contributed by atoms with E-state index in [9.17, 15) is 8.78 Å². The number of hydrogen-bond donors (Lipinski definition) is 0. The Morgan fingerprint density at radius 1 is 0.800 bits per heavy atom. The molecule has 0 N–H and O–H groups in total. The first kappa shape index (κ1) is 19.6. The van der Waals surface area contributed by atoms with E-state index in [0.29, 0.717) is 11.3 Å². The summed E-state index contributed by atoms with van der Waals surface area (Å²) in [5.74, 6) is -2.43. The number of rotatable bonds is 8. The van der Waals surface area contributed by atoms with Crippen LogP contribution in [0.1, 0.15) is 117 Å². The molecule has 4 aliphatic rings. The van der Waals surface area contributed by atoms with E-state index in [4.69, 9.17) is 0 Å². The fourth-order valence-corrected chi connectivity index (χ4v) is 6.56. The van der Waals surface area contributed by atoms with Gasteiger partial charge >= 0.3 is 0 Å². The van der Waals surface area contributed by atoms with Crippen molar-refractivity contribution in [2.45, 2.75) is 123 Å². The molecule has 0 radical (unpaired) electrons. The van der Waals surface area contributed by atoms with E-state index in [1.54, 1.807) is 0 Å². The van der Waals surface area contributed by atoms with E-state index in [-0.39, 0.29) is 17.8 Å². The van der Waals surface area contributed by atoms with E-state index >= 15 is 0 Å². The molecule has 0 aliphatic heterocycles. The van der Waals surface area contributed by atoms with Gasteiger partial charge in [-0.3, -0.25) is 0 Å². The van der Waals surface area contributed by atoms with Gasteiger partial charge < -0.3 is 0 Å². The quantitative estimate of drug-likeness (QED) is 0.386. The highest BCUT2D eigenvalue weighted by Crippen LogP contribution is 2.64. The van der Waals surface area contributed by atoms with Gasteiger partial charge in [0.15, 0.2) is 0 Å². The number of hydrogen-bond acceptors (Lipinski definition) is 0. The summed E-state index contributed by atoms with van der Waals surface area (Å²) in [4.78, 5) is 0. The maximum absolute atomic E-state index is 14.9. The van der Waals surface area contributed by atoms with Gasteiger partial charge in [-0.2, -0.15) is 0 Å². The third-order valence-corrected chi connectivity index (χ3v) is 8.52. The molecule has 0 nitrogen and oxygen atoms in total. The lowest BCUT2D eigenvalue weighted by Gasteiger charge is -2.58. The molecule has 0 amide bonds. The summed E-state index contributed by atoms with van der Waals surface area (Å²) < 4.78 is 29.7. The summed E-state index contributed by atoms with van der Waals surface area (Å²) >= 11 is 0. The molecule has 4 fully saturated rings. The predicted molar refractivity (Wildman–Crippen MR) is 102 cm³/mol. The highest BCUT2D eigenvalue weighted by Gasteiger charge is 2.55. The van der Waals surface area contributed by atoms with Crippen LogP contribution in [-0.2, 0) is 0 Å². The molecule has 4 rings (SSSR count). The van der Waals surface area contributed by atoms with Gasteiger partial charge in [-0.25, -0.2) is 8.78 Å². The van der Waals surface area contributed by atoms with Gasteiger partial charge in [0.1, 0.15) is 0 Å². The zero-order chi connectivity index (χ0) is 18.0. The van der Waals surface area contributed by atoms with Gasteiger partial charge in [0.05, 0.1) is 0 Å². The van der Waals surface area contributed by atoms with Crippen molar-refractivity contribution in [3.8, 4) is 0 Å². The van der Waals surface area contributed by atoms with E-state index in [1.807, 2.05) is 0 Å². The van der Waals surface area contributed by atoms with Crippen LogP contribution < -0.4 is 0 Å². The summed E-state index contributed by atoms with van der Waals surface area (Å²) in [5.41, 5.74) is 0.878. The third kappa shape index (κ3) is 4.08. The van der Waals surface area contributed by atoms with Crippen molar-refractivity contribution in [3.05, 3.63) is 0 Å². The van der Waals surface area contributed by atoms with Crippen molar-refractivity contribution in [1.29, 1.82) is 0 Å². The third-order valence-electron chi connectivity index (χ3n) is 8.52. The van der Waals surface area contributed by atoms with Crippen LogP contribution in [0.25, 0.3) is 0 Å². The monoisotopic (exact) mass is 354 g/mol. The van der Waals surface area contributed by atoms with Crippen LogP contribution in [0.5, 0.6) is 0 Å². The largest absolute Gasteiger partial charge is 0.251 e. The zero-order valence-corrected chi connectivity index (χ0v) is 16.7. The van der Waals surface area contributed by atoms with Crippen LogP contribution in [0, 0.1) is 22.7 Å². The first-order chi connectivity index (χ1) is 12.0. The lowest BCUT2D eigenvalue weighted by molar-refractivity contribution is -0.148. The second kappa shape index (κ2) is 7.85. The zero-order valence-electron chi connectivity index (χ0n) is 16.7. The van der Waals surface area contributed by atoms with Crippen LogP contribution >= 0.6 is 0 Å². The lowest BCUT2D eigenvalue weighted by atomic mass is 9.47. The van der Waals surface area contributed by atoms with Crippen LogP contribution in [0.3, 0.4) is 0 Å². The van der Waals surface area contributed by atoms with Crippen LogP contribution in [0.4, 0.5) is 8.78 Å². The van der Waals surface area contributed by atoms with E-state index < -0.39 is 5.92 Å². The normalized spacial score (nSPS) is 40.3. The standard InChI is InChI=1S/C23H40F2/c1-3-5-7-8-19-9-10-20(18-23(19,24)25)22-15-12-21(13-16-22,14-17-22)11-6-4-2/h19-20H,3-18H2,1-2H3. The number of halogens is 2. The topological polar surface area (TPSA) is 0 Å². The molecule has 2 unspecified atom stereocenters. The molecule has 0 aromatic rings. The SMILES string of the molecule is CCCCCC1CCC(C23CCC(CCCC)(CC2)CC3)CC1(F)F. The highest BCUT2D eigenvalue weighted by molar-refractivity contribution is 5.04. The van der Waals surface area contributed by atoms with Crippen LogP contribution in [0.2, 0.25) is 0 Å². The lowest BCUT2D eigenvalue weighted by Crippen LogP contribution is -2.49. The van der Waals surface area contributed by atoms with Gasteiger partial charge in [0.2, 0.25) is 0 Å². The molecule has 25 heavy (non-hydrogen) atoms. The summed E-state index contributed by atoms with van der Waals surface area (Å²) in [6, 6.07) is 0. The Bertz CT molecular complexity index is 403. The first-order valence-corrected chi connectivity index (χ1v) is 11.3. The van der Waals surface area contributed by atoms with Crippen LogP contribution in [-0.4, -0.2) is 5.92 Å². The minimum atomic E-state index is -2.40. The summed E-state index contributed by atoms with van der Waals surface area (Å²) in [5, 5.41) is 0. The summed E-state index contributed by atoms with van der Waals surface area (Å²) in [6.45, 7) is 4.44. The fourth-order valence-electron chi connectivity index (χ4n) is 6.56. The summed E-state index contributed by atoms with van der Waals surface area (Å²) in [6.07, 6.45) is 17.8. The minimum absolute atomic E-state index is 0.200. The molecular formula is C23H40F2. The molecule has 4 aliphatic carbocycles. The molecule has 0 aromatic carbocycles. The summed E-state index contributed by atoms with van der Waals surface area (Å²) in [7, 11) is 0. The van der Waals surface area contributed by atoms with Crippen LogP contribution in [0.15, 0.2) is 0 Å². The Labute approximate surface area is 154 Å². The fraction of sp³-hybridized carbons (Fsp3) is 1.00. The van der Waals surface area contributed by atoms with Gasteiger partial charge in [0, 0.05) is 12.3 Å². The van der Waals surface area contributed by atoms with Crippen molar-refractivity contribution in [3.63, 3.8) is 0 Å². The van der Waals surface area contributed by atoms with Crippen molar-refractivity contribution >= 4 is 0 Å². The second-order valence-corrected chi connectivity index (χ2v) is 9.90. The van der Waals surface area contributed by atoms with Gasteiger partial charge in [-0.1, -0.05) is 46.0 Å². The van der Waals surface area contributed by atoms with Crippen molar-refractivity contribution < 1.29 is 8.78 Å². The molecule has 0 spiro atoms. The van der Waals surface area contributed by atoms with E-state index in [2.05, 4.69) is 13.8 Å². The Morgan fingerprint density at radius 2 is 1.44 bits per heavy atom. The van der Waals surface area contributed by atoms with Crippen molar-refractivity contribution in [2.75, 3.05) is 0 Å². The molecule has 146 valence electrons. The van der Waals surface area contributed by atoms with E-state index in [1.165, 1.54) is 57.8 Å². The second-order valence-electron chi connectivity index (χ2n) is 9.90. The number of alkyl halides is 2. The van der Waals surface area contributed by atoms with Gasteiger partial charge in [-0.15, -0.1) is 0 Å². The number of unbranched alkanes of at least 4 members (excludes halogenated alkanes) is 3. The molecule has 2 heteroatoms. The molecule has 2 atom stereocenters. The molecule has 2 bridgehead atoms. The van der Waals surface area contributed by atoms with Gasteiger partial charge in [-0.05, 0) is 81.0 Å². The minimum Gasteiger partial charge on any atom is -0.207 e. The van der Waals surface area contributed by atoms with Gasteiger partial charge in [0.25, 0.3) is 5.92 Å². The predicted octanol–water partition coefficient (Wildman–Crippen LogP) is 8.15. The Morgan fingerprint density at radius 3 is 2.00 bits per heavy atom. The maximum atomic E-state index is 14.9. The first-order valence-electron chi connectivity index (χ1n) is 11.3. The Kier molecular flexibility index (Phi) is 6.16. The van der Waals surface area contributed by atoms with Crippen molar-refractivity contribution in [2.24, 2.45) is 22.7 Å². The maximum Gasteiger partial charge on any atom is 0.251 e. The number of fused-ring (bicyclic) bond motifs is 3. The highest BCUT2D eigenvalue weighted by atomic mass is 19.3. The molecule has 4 saturated carbocycles. The van der Waals surface area contributed by atoms with Crippen molar-refractivity contribution in [1.82, 2.24) is 0 Å². The Balaban J connectivity index is 1.57. The van der Waals surface area contributed by atoms with E-state index in [0.717, 1.165) is 38.5 Å². The Hall–Kier alpha value is -0.140. The smallest absolute Gasteiger partial charge is 0.207 e. The molecular weight excluding hydrogens is 314 g/mol. The average Bonchev–Trinajstić information content (AvgIpc) is 2.62.